The van der Waals surface area contributed by atoms with Crippen molar-refractivity contribution in [2.75, 3.05) is 13.7 Å². The van der Waals surface area contributed by atoms with E-state index in [9.17, 15) is 9.59 Å². The van der Waals surface area contributed by atoms with Gasteiger partial charge in [0, 0.05) is 18.5 Å². The highest BCUT2D eigenvalue weighted by Crippen LogP contribution is 2.22. The molecule has 0 aliphatic heterocycles. The minimum atomic E-state index is -1.13. The first-order valence-electron chi connectivity index (χ1n) is 10.6. The average Bonchev–Trinajstić information content (AvgIpc) is 3.18. The summed E-state index contributed by atoms with van der Waals surface area (Å²) in [6.07, 6.45) is -0.0951. The molecule has 1 aromatic heterocycles. The van der Waals surface area contributed by atoms with Gasteiger partial charge in [0.2, 0.25) is 5.89 Å². The third kappa shape index (κ3) is 6.58. The van der Waals surface area contributed by atoms with Crippen LogP contribution in [0.1, 0.15) is 30.9 Å². The highest BCUT2D eigenvalue weighted by molar-refractivity contribution is 5.78. The Hall–Kier alpha value is -3.81. The molecule has 1 heterocycles. The number of aromatic nitrogens is 1. The van der Waals surface area contributed by atoms with E-state index in [1.807, 2.05) is 43.3 Å². The van der Waals surface area contributed by atoms with Gasteiger partial charge in [-0.2, -0.15) is 0 Å². The van der Waals surface area contributed by atoms with Crippen molar-refractivity contribution in [2.24, 2.45) is 0 Å². The first kappa shape index (κ1) is 23.8. The zero-order chi connectivity index (χ0) is 23.8. The predicted molar refractivity (Wildman–Crippen MR) is 122 cm³/mol. The van der Waals surface area contributed by atoms with Gasteiger partial charge in [-0.25, -0.2) is 14.6 Å². The lowest BCUT2D eigenvalue weighted by Gasteiger charge is -2.23. The molecule has 0 spiro atoms. The molecule has 8 nitrogen and oxygen atoms in total. The van der Waals surface area contributed by atoms with Gasteiger partial charge in [0.1, 0.15) is 11.5 Å². The van der Waals surface area contributed by atoms with Crippen LogP contribution in [0.2, 0.25) is 0 Å². The maximum Gasteiger partial charge on any atom is 0.407 e. The van der Waals surface area contributed by atoms with E-state index in [1.165, 1.54) is 7.11 Å². The van der Waals surface area contributed by atoms with E-state index >= 15 is 0 Å². The van der Waals surface area contributed by atoms with Gasteiger partial charge in [-0.15, -0.1) is 0 Å². The number of amides is 1. The molecule has 8 heteroatoms. The summed E-state index contributed by atoms with van der Waals surface area (Å²) < 4.78 is 21.5. The van der Waals surface area contributed by atoms with Crippen LogP contribution in [0, 0.1) is 6.92 Å². The Morgan fingerprint density at radius 2 is 1.85 bits per heavy atom. The van der Waals surface area contributed by atoms with Gasteiger partial charge in [-0.1, -0.05) is 30.3 Å². The van der Waals surface area contributed by atoms with E-state index in [2.05, 4.69) is 10.3 Å². The van der Waals surface area contributed by atoms with Crippen molar-refractivity contribution >= 4 is 12.1 Å². The lowest BCUT2D eigenvalue weighted by molar-refractivity contribution is -0.156. The molecule has 3 rings (SSSR count). The van der Waals surface area contributed by atoms with Crippen molar-refractivity contribution in [3.8, 4) is 17.2 Å². The molecule has 0 saturated carbocycles. The molecule has 0 bridgehead atoms. The zero-order valence-electron chi connectivity index (χ0n) is 19.2. The van der Waals surface area contributed by atoms with Gasteiger partial charge in [0.15, 0.2) is 5.60 Å². The Labute approximate surface area is 192 Å². The number of benzene rings is 2. The second-order valence-corrected chi connectivity index (χ2v) is 7.88. The summed E-state index contributed by atoms with van der Waals surface area (Å²) in [7, 11) is 1.31. The summed E-state index contributed by atoms with van der Waals surface area (Å²) in [4.78, 5) is 28.4. The van der Waals surface area contributed by atoms with Crippen LogP contribution in [-0.2, 0) is 27.2 Å². The summed E-state index contributed by atoms with van der Waals surface area (Å²) >= 11 is 0. The molecule has 0 aliphatic carbocycles. The van der Waals surface area contributed by atoms with Crippen LogP contribution in [0.15, 0.2) is 59.0 Å². The van der Waals surface area contributed by atoms with Crippen LogP contribution in [0.4, 0.5) is 4.79 Å². The molecule has 3 aromatic rings. The molecular weight excluding hydrogens is 424 g/mol. The number of hydrogen-bond acceptors (Lipinski definition) is 7. The highest BCUT2D eigenvalue weighted by atomic mass is 16.6. The number of ether oxygens (including phenoxy) is 3. The fourth-order valence-corrected chi connectivity index (χ4v) is 3.13. The molecule has 33 heavy (non-hydrogen) atoms. The van der Waals surface area contributed by atoms with Crippen molar-refractivity contribution in [2.45, 2.75) is 39.3 Å². The number of alkyl carbamates (subject to hydrolysis) is 1. The van der Waals surface area contributed by atoms with Crippen molar-refractivity contribution < 1.29 is 28.2 Å². The van der Waals surface area contributed by atoms with Crippen molar-refractivity contribution in [1.82, 2.24) is 10.3 Å². The number of rotatable bonds is 9. The monoisotopic (exact) mass is 452 g/mol. The van der Waals surface area contributed by atoms with Crippen molar-refractivity contribution in [3.63, 3.8) is 0 Å². The molecule has 0 saturated heterocycles. The second kappa shape index (κ2) is 10.7. The molecule has 174 valence electrons. The van der Waals surface area contributed by atoms with E-state index in [0.29, 0.717) is 23.8 Å². The standard InChI is InChI=1S/C25H28N2O6/c1-17-21(27-22(32-17)19-10-6-5-7-11-19)13-14-31-24(29)26-16-18-9-8-12-20(15-18)33-25(2,3)23(28)30-4/h5-12,15H,13-14,16H2,1-4H3,(H,26,29). The minimum Gasteiger partial charge on any atom is -0.476 e. The number of hydrogen-bond donors (Lipinski definition) is 1. The molecule has 0 atom stereocenters. The molecule has 0 unspecified atom stereocenters. The van der Waals surface area contributed by atoms with Crippen molar-refractivity contribution in [1.29, 1.82) is 0 Å². The maximum atomic E-state index is 12.1. The van der Waals surface area contributed by atoms with Crippen LogP contribution in [0.5, 0.6) is 5.75 Å². The Kier molecular flexibility index (Phi) is 7.71. The third-order valence-corrected chi connectivity index (χ3v) is 4.87. The van der Waals surface area contributed by atoms with Crippen LogP contribution >= 0.6 is 0 Å². The topological polar surface area (TPSA) is 99.9 Å². The summed E-state index contributed by atoms with van der Waals surface area (Å²) in [5, 5.41) is 2.70. The first-order valence-corrected chi connectivity index (χ1v) is 10.6. The largest absolute Gasteiger partial charge is 0.476 e. The van der Waals surface area contributed by atoms with Crippen LogP contribution < -0.4 is 10.1 Å². The summed E-state index contributed by atoms with van der Waals surface area (Å²) in [6.45, 7) is 5.51. The smallest absolute Gasteiger partial charge is 0.407 e. The molecule has 0 fully saturated rings. The van der Waals surface area contributed by atoms with Crippen LogP contribution in [-0.4, -0.2) is 36.4 Å². The van der Waals surface area contributed by atoms with E-state index in [4.69, 9.17) is 18.6 Å². The fourth-order valence-electron chi connectivity index (χ4n) is 3.13. The number of aryl methyl sites for hydroxylation is 1. The third-order valence-electron chi connectivity index (χ3n) is 4.87. The van der Waals surface area contributed by atoms with Gasteiger partial charge < -0.3 is 23.9 Å². The Morgan fingerprint density at radius 1 is 1.09 bits per heavy atom. The van der Waals surface area contributed by atoms with E-state index in [1.54, 1.807) is 32.0 Å². The van der Waals surface area contributed by atoms with E-state index in [0.717, 1.165) is 16.8 Å². The maximum absolute atomic E-state index is 12.1. The van der Waals surface area contributed by atoms with Crippen LogP contribution in [0.25, 0.3) is 11.5 Å². The Morgan fingerprint density at radius 3 is 2.58 bits per heavy atom. The number of nitrogens with one attached hydrogen (secondary N) is 1. The molecular formula is C25H28N2O6. The number of carbonyl (C=O) groups is 2. The molecule has 0 aliphatic rings. The Balaban J connectivity index is 1.47. The van der Waals surface area contributed by atoms with Gasteiger partial charge >= 0.3 is 12.1 Å². The predicted octanol–water partition coefficient (Wildman–Crippen LogP) is 4.45. The van der Waals surface area contributed by atoms with Gasteiger partial charge in [0.05, 0.1) is 19.4 Å². The quantitative estimate of drug-likeness (QED) is 0.479. The minimum absolute atomic E-state index is 0.171. The number of oxazole rings is 1. The number of carbonyl (C=O) groups excluding carboxylic acids is 2. The Bertz CT molecular complexity index is 1090. The highest BCUT2D eigenvalue weighted by Gasteiger charge is 2.31. The average molecular weight is 453 g/mol. The lowest BCUT2D eigenvalue weighted by Crippen LogP contribution is -2.39. The van der Waals surface area contributed by atoms with Crippen molar-refractivity contribution in [3.05, 3.63) is 71.6 Å². The van der Waals surface area contributed by atoms with Gasteiger partial charge in [0.25, 0.3) is 0 Å². The van der Waals surface area contributed by atoms with Gasteiger partial charge in [-0.05, 0) is 50.6 Å². The second-order valence-electron chi connectivity index (χ2n) is 7.88. The van der Waals surface area contributed by atoms with Crippen LogP contribution in [0.3, 0.4) is 0 Å². The number of nitrogens with zero attached hydrogens (tertiary/aromatic N) is 1. The zero-order valence-corrected chi connectivity index (χ0v) is 19.2. The normalized spacial score (nSPS) is 11.0. The lowest BCUT2D eigenvalue weighted by atomic mass is 10.1. The summed E-state index contributed by atoms with van der Waals surface area (Å²) in [5.74, 6) is 1.26. The summed E-state index contributed by atoms with van der Waals surface area (Å²) in [5.41, 5.74) is 1.32. The molecule has 0 radical (unpaired) electrons. The van der Waals surface area contributed by atoms with E-state index in [-0.39, 0.29) is 13.2 Å². The molecule has 2 aromatic carbocycles. The molecule has 1 N–H and O–H groups in total. The first-order chi connectivity index (χ1) is 15.8. The number of esters is 1. The SMILES string of the molecule is COC(=O)C(C)(C)Oc1cccc(CNC(=O)OCCc2nc(-c3ccccc3)oc2C)c1. The van der Waals surface area contributed by atoms with E-state index < -0.39 is 17.7 Å². The number of methoxy groups -OCH3 is 1. The summed E-state index contributed by atoms with van der Waals surface area (Å²) in [6, 6.07) is 16.7. The molecule has 1 amide bonds. The fraction of sp³-hybridized carbons (Fsp3) is 0.320. The van der Waals surface area contributed by atoms with Gasteiger partial charge in [-0.3, -0.25) is 0 Å².